The van der Waals surface area contributed by atoms with Crippen molar-refractivity contribution in [2.45, 2.75) is 58.1 Å². The maximum Gasteiger partial charge on any atom is 0.306 e. The van der Waals surface area contributed by atoms with E-state index >= 15 is 0 Å². The second-order valence-electron chi connectivity index (χ2n) is 5.96. The fraction of sp³-hybridized carbons (Fsp3) is 0.917. The van der Waals surface area contributed by atoms with Crippen molar-refractivity contribution in [3.63, 3.8) is 0 Å². The smallest absolute Gasteiger partial charge is 0.306 e. The van der Waals surface area contributed by atoms with Crippen LogP contribution in [-0.2, 0) is 9.63 Å². The number of carboxylic acids is 1. The highest BCUT2D eigenvalue weighted by molar-refractivity contribution is 5.69. The Morgan fingerprint density at radius 1 is 1.32 bits per heavy atom. The lowest BCUT2D eigenvalue weighted by molar-refractivity contribution is -0.946. The average molecular weight is 274 g/mol. The van der Waals surface area contributed by atoms with Crippen molar-refractivity contribution in [1.29, 1.82) is 0 Å². The summed E-state index contributed by atoms with van der Waals surface area (Å²) in [6.45, 7) is 5.80. The summed E-state index contributed by atoms with van der Waals surface area (Å²) in [7, 11) is 1.70. The minimum Gasteiger partial charge on any atom is -0.481 e. The zero-order chi connectivity index (χ0) is 14.6. The molecule has 1 aliphatic carbocycles. The first-order valence-electron chi connectivity index (χ1n) is 6.54. The van der Waals surface area contributed by atoms with Gasteiger partial charge in [0.15, 0.2) is 0 Å². The van der Waals surface area contributed by atoms with Crippen LogP contribution in [0.4, 0.5) is 0 Å². The van der Waals surface area contributed by atoms with Crippen molar-refractivity contribution in [3.05, 3.63) is 0 Å². The Balaban J connectivity index is 2.43. The summed E-state index contributed by atoms with van der Waals surface area (Å²) >= 11 is 0. The van der Waals surface area contributed by atoms with E-state index in [1.807, 2.05) is 20.8 Å². The summed E-state index contributed by atoms with van der Waals surface area (Å²) < 4.78 is 0. The number of hydrazine groups is 1. The monoisotopic (exact) mass is 274 g/mol. The first-order chi connectivity index (χ1) is 8.71. The molecule has 19 heavy (non-hydrogen) atoms. The normalized spacial score (nSPS) is 24.9. The highest BCUT2D eigenvalue weighted by Crippen LogP contribution is 2.26. The number of aliphatic carboxylic acids is 1. The molecular formula is C12H24N3O4+. The van der Waals surface area contributed by atoms with Gasteiger partial charge in [0, 0.05) is 0 Å². The Morgan fingerprint density at radius 2 is 1.84 bits per heavy atom. The lowest BCUT2D eigenvalue weighted by Crippen LogP contribution is -2.43. The molecule has 0 aromatic rings. The van der Waals surface area contributed by atoms with Gasteiger partial charge in [-0.3, -0.25) is 4.79 Å². The van der Waals surface area contributed by atoms with E-state index in [2.05, 4.69) is 5.28 Å². The lowest BCUT2D eigenvalue weighted by atomic mass is 9.88. The van der Waals surface area contributed by atoms with Gasteiger partial charge >= 0.3 is 5.97 Å². The number of carboxylic acid groups (broad SMARTS) is 1. The van der Waals surface area contributed by atoms with Crippen LogP contribution in [0.2, 0.25) is 0 Å². The van der Waals surface area contributed by atoms with Crippen molar-refractivity contribution < 1.29 is 24.9 Å². The third-order valence-electron chi connectivity index (χ3n) is 3.53. The summed E-state index contributed by atoms with van der Waals surface area (Å²) in [4.78, 5) is 16.7. The molecule has 1 saturated carbocycles. The molecule has 0 unspecified atom stereocenters. The van der Waals surface area contributed by atoms with E-state index in [9.17, 15) is 10.0 Å². The standard InChI is InChI=1S/C12H23N3O4/c1-12(2,3)14(4)15(18)13-19-10-7-5-9(6-8-10)11(16)17/h9-10H,5-8H2,1-4H3,(H-,13,16,17,18)/p+1/t9-,10-. The van der Waals surface area contributed by atoms with Crippen LogP contribution in [0.25, 0.3) is 0 Å². The maximum absolute atomic E-state index is 10.8. The molecule has 1 aliphatic rings. The minimum absolute atomic E-state index is 0.126. The Bertz CT molecular complexity index is 343. The first-order valence-corrected chi connectivity index (χ1v) is 6.54. The Labute approximate surface area is 113 Å². The molecule has 7 heteroatoms. The van der Waals surface area contributed by atoms with Crippen LogP contribution in [-0.4, -0.2) is 45.0 Å². The van der Waals surface area contributed by atoms with Crippen molar-refractivity contribution in [2.75, 3.05) is 7.05 Å². The van der Waals surface area contributed by atoms with Gasteiger partial charge in [-0.05, 0) is 46.5 Å². The molecule has 0 radical (unpaired) electrons. The third-order valence-corrected chi connectivity index (χ3v) is 3.53. The summed E-state index contributed by atoms with van der Waals surface area (Å²) in [6, 6.07) is 0. The SMILES string of the molecule is CN(/[N+](O)=N/O[C@H]1CC[C@H](C(=O)O)CC1)C(C)(C)C. The number of carbonyl (C=O) groups is 1. The van der Waals surface area contributed by atoms with Crippen LogP contribution in [0, 0.1) is 5.92 Å². The van der Waals surface area contributed by atoms with Crippen LogP contribution >= 0.6 is 0 Å². The fourth-order valence-electron chi connectivity index (χ4n) is 1.85. The maximum atomic E-state index is 10.8. The third kappa shape index (κ3) is 4.57. The number of nitrogens with zero attached hydrogens (tertiary/aromatic N) is 3. The zero-order valence-corrected chi connectivity index (χ0v) is 12.0. The summed E-state index contributed by atoms with van der Waals surface area (Å²) in [6.07, 6.45) is 2.35. The van der Waals surface area contributed by atoms with Crippen molar-refractivity contribution in [3.8, 4) is 0 Å². The Kier molecular flexibility index (Phi) is 4.97. The van der Waals surface area contributed by atoms with Crippen LogP contribution in [0.3, 0.4) is 0 Å². The van der Waals surface area contributed by atoms with Gasteiger partial charge in [0.2, 0.25) is 0 Å². The molecule has 0 amide bonds. The Hall–Kier alpha value is -1.53. The highest BCUT2D eigenvalue weighted by atomic mass is 16.7. The van der Waals surface area contributed by atoms with Crippen LogP contribution in [0.15, 0.2) is 5.28 Å². The molecule has 1 fully saturated rings. The van der Waals surface area contributed by atoms with Crippen molar-refractivity contribution in [2.24, 2.45) is 11.2 Å². The Morgan fingerprint density at radius 3 is 2.26 bits per heavy atom. The van der Waals surface area contributed by atoms with E-state index in [0.29, 0.717) is 30.7 Å². The second kappa shape index (κ2) is 6.08. The molecule has 0 aromatic carbocycles. The molecule has 0 aliphatic heterocycles. The van der Waals surface area contributed by atoms with Gasteiger partial charge < -0.3 is 9.94 Å². The molecule has 0 atom stereocenters. The van der Waals surface area contributed by atoms with E-state index in [1.54, 1.807) is 7.05 Å². The van der Waals surface area contributed by atoms with Gasteiger partial charge in [0.1, 0.15) is 6.10 Å². The number of hydrogen-bond acceptors (Lipinski definition) is 3. The van der Waals surface area contributed by atoms with Crippen LogP contribution < -0.4 is 0 Å². The van der Waals surface area contributed by atoms with Crippen LogP contribution in [0.5, 0.6) is 0 Å². The number of hydrogen-bond donors (Lipinski definition) is 2. The topological polar surface area (TPSA) is 85.4 Å². The van der Waals surface area contributed by atoms with E-state index in [1.165, 1.54) is 5.01 Å². The van der Waals surface area contributed by atoms with Crippen LogP contribution in [0.1, 0.15) is 46.5 Å². The average Bonchev–Trinajstić information content (AvgIpc) is 2.34. The predicted octanol–water partition coefficient (Wildman–Crippen LogP) is 2.06. The molecule has 0 saturated heterocycles. The van der Waals surface area contributed by atoms with Crippen molar-refractivity contribution >= 4 is 5.97 Å². The molecule has 2 N–H and O–H groups in total. The fourth-order valence-corrected chi connectivity index (χ4v) is 1.85. The predicted molar refractivity (Wildman–Crippen MR) is 66.5 cm³/mol. The molecule has 1 rings (SSSR count). The molecular weight excluding hydrogens is 250 g/mol. The first kappa shape index (κ1) is 15.5. The summed E-state index contributed by atoms with van der Waals surface area (Å²) in [5.41, 5.74) is -0.275. The van der Waals surface area contributed by atoms with Gasteiger partial charge in [-0.25, -0.2) is 5.21 Å². The van der Waals surface area contributed by atoms with Gasteiger partial charge in [0.25, 0.3) is 10.2 Å². The van der Waals surface area contributed by atoms with Gasteiger partial charge in [-0.1, -0.05) is 0 Å². The summed E-state index contributed by atoms with van der Waals surface area (Å²) in [5.74, 6) is -1.02. The van der Waals surface area contributed by atoms with Gasteiger partial charge in [-0.15, -0.1) is 5.01 Å². The van der Waals surface area contributed by atoms with Crippen molar-refractivity contribution in [1.82, 2.24) is 5.01 Å². The molecule has 0 heterocycles. The minimum atomic E-state index is -0.744. The molecule has 0 bridgehead atoms. The quantitative estimate of drug-likeness (QED) is 0.465. The second-order valence-corrected chi connectivity index (χ2v) is 5.96. The molecule has 7 nitrogen and oxygen atoms in total. The highest BCUT2D eigenvalue weighted by Gasteiger charge is 2.30. The largest absolute Gasteiger partial charge is 0.481 e. The van der Waals surface area contributed by atoms with Gasteiger partial charge in [-0.2, -0.15) is 0 Å². The molecule has 110 valence electrons. The van der Waals surface area contributed by atoms with E-state index in [0.717, 1.165) is 0 Å². The lowest BCUT2D eigenvalue weighted by Gasteiger charge is -2.24. The number of rotatable bonds is 4. The zero-order valence-electron chi connectivity index (χ0n) is 12.0. The van der Waals surface area contributed by atoms with E-state index in [-0.39, 0.29) is 17.6 Å². The van der Waals surface area contributed by atoms with Gasteiger partial charge in [0.05, 0.1) is 18.5 Å². The van der Waals surface area contributed by atoms with E-state index in [4.69, 9.17) is 9.94 Å². The molecule has 0 aromatic heterocycles. The molecule has 0 spiro atoms. The van der Waals surface area contributed by atoms with E-state index < -0.39 is 5.97 Å². The summed E-state index contributed by atoms with van der Waals surface area (Å²) in [5, 5.41) is 23.8.